The van der Waals surface area contributed by atoms with Crippen molar-refractivity contribution in [2.24, 2.45) is 0 Å². The lowest BCUT2D eigenvalue weighted by atomic mass is 10.0. The van der Waals surface area contributed by atoms with Gasteiger partial charge in [-0.3, -0.25) is 0 Å². The van der Waals surface area contributed by atoms with Crippen LogP contribution < -0.4 is 4.74 Å². The van der Waals surface area contributed by atoms with E-state index in [4.69, 9.17) is 16.3 Å². The fourth-order valence-corrected chi connectivity index (χ4v) is 4.26. The van der Waals surface area contributed by atoms with Crippen molar-refractivity contribution in [3.05, 3.63) is 23.2 Å². The van der Waals surface area contributed by atoms with Gasteiger partial charge in [-0.1, -0.05) is 24.4 Å². The van der Waals surface area contributed by atoms with E-state index >= 15 is 0 Å². The zero-order valence-corrected chi connectivity index (χ0v) is 13.7. The van der Waals surface area contributed by atoms with E-state index in [0.29, 0.717) is 17.9 Å². The van der Waals surface area contributed by atoms with E-state index in [1.54, 1.807) is 0 Å². The number of hydrogen-bond donors (Lipinski definition) is 1. The third kappa shape index (κ3) is 3.51. The summed E-state index contributed by atoms with van der Waals surface area (Å²) in [7, 11) is -0.865. The number of nitrogens with zero attached hydrogens (tertiary/aromatic N) is 1. The Morgan fingerprint density at radius 2 is 2.00 bits per heavy atom. The average molecular weight is 334 g/mol. The maximum Gasteiger partial charge on any atom is 0.246 e. The molecule has 118 valence electrons. The average Bonchev–Trinajstić information content (AvgIpc) is 2.84. The van der Waals surface area contributed by atoms with Crippen molar-refractivity contribution in [3.63, 3.8) is 0 Å². The molecule has 0 aliphatic heterocycles. The Kier molecular flexibility index (Phi) is 4.82. The minimum Gasteiger partial charge on any atom is -0.495 e. The van der Waals surface area contributed by atoms with Crippen LogP contribution in [0.5, 0.6) is 5.75 Å². The van der Waals surface area contributed by atoms with Gasteiger partial charge in [-0.15, -0.1) is 0 Å². The molecule has 7 heteroatoms. The van der Waals surface area contributed by atoms with E-state index in [1.165, 1.54) is 36.7 Å². The Morgan fingerprint density at radius 3 is 2.57 bits per heavy atom. The monoisotopic (exact) mass is 333 g/mol. The van der Waals surface area contributed by atoms with E-state index in [1.807, 2.05) is 0 Å². The maximum absolute atomic E-state index is 12.6. The first-order valence-corrected chi connectivity index (χ1v) is 8.63. The number of aliphatic hydroxyl groups is 1. The van der Waals surface area contributed by atoms with E-state index in [2.05, 4.69) is 0 Å². The van der Waals surface area contributed by atoms with Gasteiger partial charge in [0.2, 0.25) is 10.0 Å². The summed E-state index contributed by atoms with van der Waals surface area (Å²) in [5, 5.41) is 10.8. The number of halogens is 1. The number of hydrogen-bond acceptors (Lipinski definition) is 4. The van der Waals surface area contributed by atoms with Crippen LogP contribution in [0.15, 0.2) is 23.1 Å². The van der Waals surface area contributed by atoms with Gasteiger partial charge in [-0.2, -0.15) is 4.31 Å². The second kappa shape index (κ2) is 6.12. The molecule has 1 saturated carbocycles. The molecule has 1 N–H and O–H groups in total. The predicted octanol–water partition coefficient (Wildman–Crippen LogP) is 2.27. The molecular weight excluding hydrogens is 314 g/mol. The Labute approximate surface area is 130 Å². The highest BCUT2D eigenvalue weighted by atomic mass is 35.5. The second-order valence-electron chi connectivity index (χ2n) is 5.49. The summed E-state index contributed by atoms with van der Waals surface area (Å²) in [5.41, 5.74) is -0.929. The minimum absolute atomic E-state index is 0.0542. The molecule has 1 aromatic rings. The topological polar surface area (TPSA) is 66.8 Å². The number of methoxy groups -OCH3 is 1. The quantitative estimate of drug-likeness (QED) is 0.897. The molecule has 0 heterocycles. The van der Waals surface area contributed by atoms with Crippen LogP contribution in [-0.2, 0) is 10.0 Å². The number of sulfonamides is 1. The molecule has 1 aliphatic rings. The Balaban J connectivity index is 2.29. The van der Waals surface area contributed by atoms with Crippen LogP contribution in [0.1, 0.15) is 25.7 Å². The largest absolute Gasteiger partial charge is 0.495 e. The van der Waals surface area contributed by atoms with E-state index in [0.717, 1.165) is 12.8 Å². The Morgan fingerprint density at radius 1 is 1.38 bits per heavy atom. The van der Waals surface area contributed by atoms with Crippen LogP contribution in [0, 0.1) is 0 Å². The van der Waals surface area contributed by atoms with Crippen LogP contribution in [0.4, 0.5) is 0 Å². The first-order chi connectivity index (χ1) is 9.78. The SMILES string of the molecule is COc1cc(Cl)ccc1S(=O)(=O)N(C)CC1(O)CCCC1. The molecule has 0 amide bonds. The van der Waals surface area contributed by atoms with Gasteiger partial charge in [0, 0.05) is 24.7 Å². The molecule has 0 bridgehead atoms. The summed E-state index contributed by atoms with van der Waals surface area (Å²) in [5.74, 6) is 0.202. The zero-order chi connectivity index (χ0) is 15.7. The summed E-state index contributed by atoms with van der Waals surface area (Å²) in [6.07, 6.45) is 3.11. The van der Waals surface area contributed by atoms with E-state index < -0.39 is 15.6 Å². The first kappa shape index (κ1) is 16.5. The van der Waals surface area contributed by atoms with E-state index in [-0.39, 0.29) is 17.2 Å². The molecule has 0 spiro atoms. The van der Waals surface area contributed by atoms with Crippen LogP contribution >= 0.6 is 11.6 Å². The first-order valence-electron chi connectivity index (χ1n) is 6.81. The van der Waals surface area contributed by atoms with E-state index in [9.17, 15) is 13.5 Å². The van der Waals surface area contributed by atoms with Crippen LogP contribution in [0.3, 0.4) is 0 Å². The number of rotatable bonds is 5. The van der Waals surface area contributed by atoms with Crippen molar-refractivity contribution in [1.29, 1.82) is 0 Å². The lowest BCUT2D eigenvalue weighted by molar-refractivity contribution is 0.0333. The van der Waals surface area contributed by atoms with Gasteiger partial charge in [0.1, 0.15) is 10.6 Å². The van der Waals surface area contributed by atoms with Gasteiger partial charge in [0.25, 0.3) is 0 Å². The van der Waals surface area contributed by atoms with Crippen molar-refractivity contribution < 1.29 is 18.3 Å². The fourth-order valence-electron chi connectivity index (χ4n) is 2.71. The summed E-state index contributed by atoms with van der Waals surface area (Å²) in [6, 6.07) is 4.40. The highest BCUT2D eigenvalue weighted by Gasteiger charge is 2.36. The van der Waals surface area contributed by atoms with Crippen molar-refractivity contribution in [2.75, 3.05) is 20.7 Å². The zero-order valence-electron chi connectivity index (χ0n) is 12.2. The van der Waals surface area contributed by atoms with Gasteiger partial charge in [0.15, 0.2) is 0 Å². The lowest BCUT2D eigenvalue weighted by Crippen LogP contribution is -2.42. The van der Waals surface area contributed by atoms with Gasteiger partial charge in [0.05, 0.1) is 12.7 Å². The molecule has 1 fully saturated rings. The summed E-state index contributed by atoms with van der Waals surface area (Å²) in [4.78, 5) is 0.0542. The highest BCUT2D eigenvalue weighted by Crippen LogP contribution is 2.33. The molecule has 21 heavy (non-hydrogen) atoms. The smallest absolute Gasteiger partial charge is 0.246 e. The number of ether oxygens (including phenoxy) is 1. The third-order valence-electron chi connectivity index (χ3n) is 3.87. The number of benzene rings is 1. The van der Waals surface area contributed by atoms with Crippen molar-refractivity contribution in [3.8, 4) is 5.75 Å². The van der Waals surface area contributed by atoms with Crippen LogP contribution in [-0.4, -0.2) is 44.1 Å². The molecule has 0 atom stereocenters. The highest BCUT2D eigenvalue weighted by molar-refractivity contribution is 7.89. The maximum atomic E-state index is 12.6. The third-order valence-corrected chi connectivity index (χ3v) is 5.94. The predicted molar refractivity (Wildman–Crippen MR) is 81.2 cm³/mol. The standard InChI is InChI=1S/C14H20ClNO4S/c1-16(10-14(17)7-3-4-8-14)21(18,19)13-6-5-11(15)9-12(13)20-2/h5-6,9,17H,3-4,7-8,10H2,1-2H3. The Hall–Kier alpha value is -0.820. The molecule has 0 radical (unpaired) electrons. The Bertz CT molecular complexity index is 611. The molecule has 0 saturated heterocycles. The summed E-state index contributed by atoms with van der Waals surface area (Å²) >= 11 is 5.86. The van der Waals surface area contributed by atoms with Crippen LogP contribution in [0.25, 0.3) is 0 Å². The van der Waals surface area contributed by atoms with Gasteiger partial charge < -0.3 is 9.84 Å². The number of likely N-dealkylation sites (N-methyl/N-ethyl adjacent to an activating group) is 1. The van der Waals surface area contributed by atoms with Crippen molar-refractivity contribution >= 4 is 21.6 Å². The normalized spacial score (nSPS) is 18.1. The molecule has 0 aromatic heterocycles. The molecule has 1 aromatic carbocycles. The lowest BCUT2D eigenvalue weighted by Gasteiger charge is -2.28. The summed E-state index contributed by atoms with van der Waals surface area (Å²) in [6.45, 7) is 0.0844. The summed E-state index contributed by atoms with van der Waals surface area (Å²) < 4.78 is 31.6. The van der Waals surface area contributed by atoms with Gasteiger partial charge in [-0.05, 0) is 25.0 Å². The van der Waals surface area contributed by atoms with Gasteiger partial charge >= 0.3 is 0 Å². The van der Waals surface area contributed by atoms with Crippen LogP contribution in [0.2, 0.25) is 5.02 Å². The van der Waals surface area contributed by atoms with Crippen molar-refractivity contribution in [1.82, 2.24) is 4.31 Å². The minimum atomic E-state index is -3.73. The molecular formula is C14H20ClNO4S. The molecule has 5 nitrogen and oxygen atoms in total. The van der Waals surface area contributed by atoms with Crippen molar-refractivity contribution in [2.45, 2.75) is 36.2 Å². The molecule has 1 aliphatic carbocycles. The molecule has 0 unspecified atom stereocenters. The second-order valence-corrected chi connectivity index (χ2v) is 7.94. The molecule has 2 rings (SSSR count). The van der Waals surface area contributed by atoms with Gasteiger partial charge in [-0.25, -0.2) is 8.42 Å². The fraction of sp³-hybridized carbons (Fsp3) is 0.571.